The predicted octanol–water partition coefficient (Wildman–Crippen LogP) is 3.66. The number of rotatable bonds is 4. The van der Waals surface area contributed by atoms with Gasteiger partial charge in [0, 0.05) is 18.3 Å². The van der Waals surface area contributed by atoms with Crippen molar-refractivity contribution in [3.05, 3.63) is 0 Å². The van der Waals surface area contributed by atoms with Crippen LogP contribution in [0.15, 0.2) is 0 Å². The third-order valence-corrected chi connectivity index (χ3v) is 10.1. The number of aliphatic hydroxyl groups is 2. The smallest absolute Gasteiger partial charge is 0.303 e. The Kier molecular flexibility index (Phi) is 5.39. The summed E-state index contributed by atoms with van der Waals surface area (Å²) in [5.74, 6) is 0.855. The molecule has 5 heteroatoms. The summed E-state index contributed by atoms with van der Waals surface area (Å²) in [6, 6.07) is 0. The first-order valence-corrected chi connectivity index (χ1v) is 11.7. The van der Waals surface area contributed by atoms with Crippen molar-refractivity contribution in [2.75, 3.05) is 0 Å². The van der Waals surface area contributed by atoms with E-state index in [1.165, 1.54) is 0 Å². The molecule has 4 saturated carbocycles. The summed E-state index contributed by atoms with van der Waals surface area (Å²) >= 11 is 0. The van der Waals surface area contributed by atoms with Crippen molar-refractivity contribution in [1.29, 1.82) is 0 Å². The molecule has 3 N–H and O–H groups in total. The number of aliphatic carboxylic acids is 1. The molecule has 4 fully saturated rings. The minimum absolute atomic E-state index is 0.0348. The Hall–Kier alpha value is -0.940. The predicted molar refractivity (Wildman–Crippen MR) is 109 cm³/mol. The van der Waals surface area contributed by atoms with Gasteiger partial charge in [-0.2, -0.15) is 0 Å². The third-order valence-electron chi connectivity index (χ3n) is 10.1. The molecule has 0 aromatic heterocycles. The van der Waals surface area contributed by atoms with Crippen LogP contribution in [0.3, 0.4) is 0 Å². The van der Waals surface area contributed by atoms with Crippen molar-refractivity contribution >= 4 is 11.8 Å². The zero-order valence-electron chi connectivity index (χ0n) is 18.1. The first-order chi connectivity index (χ1) is 13.6. The highest BCUT2D eigenvalue weighted by Crippen LogP contribution is 2.67. The van der Waals surface area contributed by atoms with E-state index >= 15 is 0 Å². The standard InChI is InChI=1S/C24H38O5/c1-13(4-7-21(28)29)16-5-6-17-22-18(12-20(27)24(16,17)3)23(2)9-8-15(25)10-14(23)11-19(22)26/h13-19,22,25-26H,4-12H2,1-3H3,(H,28,29)/t13-,14+,15-,16-,17?,18?,19+,22?,23+,24-/m1/s1. The molecule has 4 aliphatic rings. The van der Waals surface area contributed by atoms with E-state index in [0.29, 0.717) is 24.5 Å². The highest BCUT2D eigenvalue weighted by atomic mass is 16.4. The highest BCUT2D eigenvalue weighted by molar-refractivity contribution is 5.87. The SMILES string of the molecule is C[C@H](CCC(=O)O)[C@H]1CCC2C3C(CC(=O)[C@@]21C)[C@@]1(C)CC[C@@H](O)C[C@H]1C[C@@H]3O. The fourth-order valence-corrected chi connectivity index (χ4v) is 8.41. The summed E-state index contributed by atoms with van der Waals surface area (Å²) in [5, 5.41) is 30.5. The fourth-order valence-electron chi connectivity index (χ4n) is 8.41. The van der Waals surface area contributed by atoms with Crippen molar-refractivity contribution < 1.29 is 24.9 Å². The Morgan fingerprint density at radius 1 is 1.14 bits per heavy atom. The number of ketones is 1. The lowest BCUT2D eigenvalue weighted by molar-refractivity contribution is -0.181. The van der Waals surface area contributed by atoms with Crippen molar-refractivity contribution in [3.63, 3.8) is 0 Å². The monoisotopic (exact) mass is 406 g/mol. The summed E-state index contributed by atoms with van der Waals surface area (Å²) in [6.45, 7) is 6.54. The van der Waals surface area contributed by atoms with E-state index in [1.54, 1.807) is 0 Å². The highest BCUT2D eigenvalue weighted by Gasteiger charge is 2.65. The fraction of sp³-hybridized carbons (Fsp3) is 0.917. The molecular weight excluding hydrogens is 368 g/mol. The van der Waals surface area contributed by atoms with Crippen LogP contribution in [0.4, 0.5) is 0 Å². The maximum Gasteiger partial charge on any atom is 0.303 e. The van der Waals surface area contributed by atoms with E-state index in [-0.39, 0.29) is 47.5 Å². The van der Waals surface area contributed by atoms with Crippen molar-refractivity contribution in [2.24, 2.45) is 46.3 Å². The van der Waals surface area contributed by atoms with Crippen molar-refractivity contribution in [3.8, 4) is 0 Å². The molecule has 4 aliphatic carbocycles. The van der Waals surface area contributed by atoms with E-state index in [0.717, 1.165) is 38.5 Å². The number of carboxylic acid groups (broad SMARTS) is 1. The van der Waals surface area contributed by atoms with Gasteiger partial charge < -0.3 is 15.3 Å². The number of Topliss-reactive ketones (excluding diaryl/α,β-unsaturated/α-hetero) is 1. The zero-order chi connectivity index (χ0) is 21.1. The second kappa shape index (κ2) is 7.33. The number of hydrogen-bond donors (Lipinski definition) is 3. The van der Waals surface area contributed by atoms with Crippen LogP contribution in [-0.2, 0) is 9.59 Å². The number of carbonyl (C=O) groups is 2. The summed E-state index contributed by atoms with van der Waals surface area (Å²) < 4.78 is 0. The normalized spacial score (nSPS) is 50.4. The molecule has 0 saturated heterocycles. The van der Waals surface area contributed by atoms with Crippen LogP contribution in [0.5, 0.6) is 0 Å². The van der Waals surface area contributed by atoms with Gasteiger partial charge in [-0.1, -0.05) is 20.8 Å². The molecule has 4 rings (SSSR count). The van der Waals surface area contributed by atoms with Gasteiger partial charge >= 0.3 is 5.97 Å². The topological polar surface area (TPSA) is 94.8 Å². The molecule has 0 heterocycles. The molecule has 5 nitrogen and oxygen atoms in total. The third kappa shape index (κ3) is 3.18. The molecular formula is C24H38O5. The maximum atomic E-state index is 13.6. The van der Waals surface area contributed by atoms with E-state index < -0.39 is 17.5 Å². The van der Waals surface area contributed by atoms with Gasteiger partial charge in [-0.25, -0.2) is 0 Å². The number of fused-ring (bicyclic) bond motifs is 5. The van der Waals surface area contributed by atoms with Gasteiger partial charge in [0.15, 0.2) is 0 Å². The van der Waals surface area contributed by atoms with Gasteiger partial charge in [0.25, 0.3) is 0 Å². The minimum Gasteiger partial charge on any atom is -0.481 e. The van der Waals surface area contributed by atoms with E-state index in [2.05, 4.69) is 20.8 Å². The molecule has 164 valence electrons. The lowest BCUT2D eigenvalue weighted by Crippen LogP contribution is -2.61. The minimum atomic E-state index is -0.771. The largest absolute Gasteiger partial charge is 0.481 e. The Labute approximate surface area is 174 Å². The van der Waals surface area contributed by atoms with E-state index in [9.17, 15) is 19.8 Å². The molecule has 0 amide bonds. The number of carboxylic acids is 1. The molecule has 0 aliphatic heterocycles. The van der Waals surface area contributed by atoms with Gasteiger partial charge in [0.2, 0.25) is 0 Å². The van der Waals surface area contributed by atoms with Crippen LogP contribution in [0.25, 0.3) is 0 Å². The summed E-state index contributed by atoms with van der Waals surface area (Å²) in [4.78, 5) is 24.7. The zero-order valence-corrected chi connectivity index (χ0v) is 18.1. The number of carbonyl (C=O) groups excluding carboxylic acids is 1. The van der Waals surface area contributed by atoms with Crippen LogP contribution in [-0.4, -0.2) is 39.3 Å². The molecule has 0 spiro atoms. The van der Waals surface area contributed by atoms with Gasteiger partial charge in [-0.05, 0) is 85.9 Å². The van der Waals surface area contributed by atoms with Gasteiger partial charge in [-0.3, -0.25) is 9.59 Å². The lowest BCUT2D eigenvalue weighted by atomic mass is 9.43. The molecule has 0 aromatic rings. The van der Waals surface area contributed by atoms with Crippen LogP contribution in [0.1, 0.15) is 78.6 Å². The van der Waals surface area contributed by atoms with Crippen LogP contribution < -0.4 is 0 Å². The van der Waals surface area contributed by atoms with Gasteiger partial charge in [0.1, 0.15) is 5.78 Å². The lowest BCUT2D eigenvalue weighted by Gasteiger charge is -2.61. The van der Waals surface area contributed by atoms with Crippen LogP contribution >= 0.6 is 0 Å². The Balaban J connectivity index is 1.62. The van der Waals surface area contributed by atoms with Gasteiger partial charge in [-0.15, -0.1) is 0 Å². The Morgan fingerprint density at radius 3 is 2.55 bits per heavy atom. The van der Waals surface area contributed by atoms with Crippen LogP contribution in [0.2, 0.25) is 0 Å². The quantitative estimate of drug-likeness (QED) is 0.662. The van der Waals surface area contributed by atoms with Crippen LogP contribution in [0, 0.1) is 46.3 Å². The second-order valence-electron chi connectivity index (χ2n) is 11.2. The van der Waals surface area contributed by atoms with Crippen molar-refractivity contribution in [1.82, 2.24) is 0 Å². The molecule has 3 unspecified atom stereocenters. The van der Waals surface area contributed by atoms with Crippen molar-refractivity contribution in [2.45, 2.75) is 90.8 Å². The van der Waals surface area contributed by atoms with Gasteiger partial charge in [0.05, 0.1) is 12.2 Å². The average Bonchev–Trinajstić information content (AvgIpc) is 3.01. The molecule has 29 heavy (non-hydrogen) atoms. The Morgan fingerprint density at radius 2 is 1.86 bits per heavy atom. The average molecular weight is 407 g/mol. The molecule has 10 atom stereocenters. The summed E-state index contributed by atoms with van der Waals surface area (Å²) in [7, 11) is 0. The van der Waals surface area contributed by atoms with E-state index in [4.69, 9.17) is 5.11 Å². The second-order valence-corrected chi connectivity index (χ2v) is 11.2. The molecule has 0 bridgehead atoms. The first-order valence-electron chi connectivity index (χ1n) is 11.7. The molecule has 0 aromatic carbocycles. The number of hydrogen-bond acceptors (Lipinski definition) is 4. The van der Waals surface area contributed by atoms with E-state index in [1.807, 2.05) is 0 Å². The Bertz CT molecular complexity index is 676. The summed E-state index contributed by atoms with van der Waals surface area (Å²) in [6.07, 6.45) is 5.82. The summed E-state index contributed by atoms with van der Waals surface area (Å²) in [5.41, 5.74) is -0.398. The number of aliphatic hydroxyl groups excluding tert-OH is 2. The first kappa shape index (κ1) is 21.3. The maximum absolute atomic E-state index is 13.6. The molecule has 0 radical (unpaired) electrons.